The molecule has 0 bridgehead atoms. The van der Waals surface area contributed by atoms with E-state index in [-0.39, 0.29) is 27.4 Å². The van der Waals surface area contributed by atoms with Gasteiger partial charge in [0.15, 0.2) is 5.13 Å². The minimum atomic E-state index is -3.94. The van der Waals surface area contributed by atoms with Gasteiger partial charge in [-0.15, -0.1) is 0 Å². The lowest BCUT2D eigenvalue weighted by Gasteiger charge is -2.08. The Morgan fingerprint density at radius 2 is 1.96 bits per heavy atom. The molecule has 142 valence electrons. The van der Waals surface area contributed by atoms with Gasteiger partial charge < -0.3 is 5.32 Å². The fraction of sp³-hybridized carbons (Fsp3) is 0.176. The molecule has 0 atom stereocenters. The Bertz CT molecular complexity index is 1130. The average molecular weight is 428 g/mol. The summed E-state index contributed by atoms with van der Waals surface area (Å²) in [6.07, 6.45) is 0. The van der Waals surface area contributed by atoms with E-state index in [1.165, 1.54) is 11.3 Å². The number of fused-ring (bicyclic) bond motifs is 1. The van der Waals surface area contributed by atoms with Crippen molar-refractivity contribution in [2.24, 2.45) is 5.92 Å². The highest BCUT2D eigenvalue weighted by molar-refractivity contribution is 7.92. The van der Waals surface area contributed by atoms with E-state index in [0.717, 1.165) is 22.9 Å². The molecule has 0 fully saturated rings. The molecule has 0 aliphatic rings. The van der Waals surface area contributed by atoms with Crippen LogP contribution in [-0.4, -0.2) is 19.3 Å². The molecule has 6 nitrogen and oxygen atoms in total. The van der Waals surface area contributed by atoms with Gasteiger partial charge in [0.25, 0.3) is 10.0 Å². The van der Waals surface area contributed by atoms with Crippen LogP contribution in [0.15, 0.2) is 41.3 Å². The molecule has 27 heavy (non-hydrogen) atoms. The third kappa shape index (κ3) is 4.37. The van der Waals surface area contributed by atoms with Gasteiger partial charge in [-0.1, -0.05) is 36.8 Å². The van der Waals surface area contributed by atoms with Crippen LogP contribution in [0.1, 0.15) is 13.8 Å². The number of halogens is 2. The van der Waals surface area contributed by atoms with Crippen LogP contribution in [0, 0.1) is 11.7 Å². The summed E-state index contributed by atoms with van der Waals surface area (Å²) in [7, 11) is -3.94. The first-order valence-electron chi connectivity index (χ1n) is 7.85. The Morgan fingerprint density at radius 3 is 2.63 bits per heavy atom. The van der Waals surface area contributed by atoms with Gasteiger partial charge in [0.1, 0.15) is 5.82 Å². The van der Waals surface area contributed by atoms with E-state index in [1.54, 1.807) is 32.0 Å². The van der Waals surface area contributed by atoms with E-state index in [0.29, 0.717) is 10.6 Å². The summed E-state index contributed by atoms with van der Waals surface area (Å²) in [6.45, 7) is 3.55. The van der Waals surface area contributed by atoms with Crippen LogP contribution in [-0.2, 0) is 14.8 Å². The molecule has 1 amide bonds. The monoisotopic (exact) mass is 427 g/mol. The summed E-state index contributed by atoms with van der Waals surface area (Å²) in [5.41, 5.74) is 0.825. The zero-order valence-electron chi connectivity index (χ0n) is 14.3. The Labute approximate surface area is 164 Å². The molecule has 0 aliphatic heterocycles. The van der Waals surface area contributed by atoms with Crippen LogP contribution < -0.4 is 10.0 Å². The number of carbonyl (C=O) groups is 1. The molecule has 0 unspecified atom stereocenters. The number of hydrogen-bond donors (Lipinski definition) is 2. The molecule has 3 rings (SSSR count). The summed E-state index contributed by atoms with van der Waals surface area (Å²) in [4.78, 5) is 15.9. The van der Waals surface area contributed by atoms with Crippen LogP contribution in [0.4, 0.5) is 15.2 Å². The fourth-order valence-corrected chi connectivity index (χ4v) is 4.32. The second-order valence-electron chi connectivity index (χ2n) is 6.03. The van der Waals surface area contributed by atoms with Gasteiger partial charge >= 0.3 is 0 Å². The molecular weight excluding hydrogens is 413 g/mol. The number of anilines is 2. The lowest BCUT2D eigenvalue weighted by Crippen LogP contribution is -2.17. The molecule has 0 saturated heterocycles. The van der Waals surface area contributed by atoms with E-state index in [1.807, 2.05) is 0 Å². The van der Waals surface area contributed by atoms with Crippen LogP contribution in [0.25, 0.3) is 10.2 Å². The zero-order valence-corrected chi connectivity index (χ0v) is 16.7. The summed E-state index contributed by atoms with van der Waals surface area (Å²) >= 11 is 6.95. The number of nitrogens with zero attached hydrogens (tertiary/aromatic N) is 1. The smallest absolute Gasteiger partial charge is 0.261 e. The van der Waals surface area contributed by atoms with Gasteiger partial charge in [-0.25, -0.2) is 17.8 Å². The van der Waals surface area contributed by atoms with Crippen molar-refractivity contribution in [2.45, 2.75) is 18.7 Å². The number of thiazole rings is 1. The topological polar surface area (TPSA) is 88.2 Å². The standard InChI is InChI=1S/C17H15ClFN3O3S2/c1-9(2)16(23)21-17-20-14-7-10(3-6-15(14)26-17)22-27(24,25)11-4-5-13(19)12(18)8-11/h3-9,22H,1-2H3,(H,20,21,23). The molecule has 2 N–H and O–H groups in total. The lowest BCUT2D eigenvalue weighted by molar-refractivity contribution is -0.118. The molecule has 1 heterocycles. The third-order valence-corrected chi connectivity index (χ3v) is 6.22. The first-order valence-corrected chi connectivity index (χ1v) is 10.5. The average Bonchev–Trinajstić information content (AvgIpc) is 2.98. The van der Waals surface area contributed by atoms with Crippen LogP contribution in [0.3, 0.4) is 0 Å². The number of amides is 1. The molecular formula is C17H15ClFN3O3S2. The van der Waals surface area contributed by atoms with Crippen molar-refractivity contribution in [3.63, 3.8) is 0 Å². The van der Waals surface area contributed by atoms with Crippen molar-refractivity contribution in [3.8, 4) is 0 Å². The Kier molecular flexibility index (Phi) is 5.36. The van der Waals surface area contributed by atoms with E-state index in [9.17, 15) is 17.6 Å². The van der Waals surface area contributed by atoms with Crippen LogP contribution >= 0.6 is 22.9 Å². The number of rotatable bonds is 5. The normalized spacial score (nSPS) is 11.7. The molecule has 0 saturated carbocycles. The second-order valence-corrected chi connectivity index (χ2v) is 9.15. The molecule has 0 radical (unpaired) electrons. The van der Waals surface area contributed by atoms with Crippen LogP contribution in [0.2, 0.25) is 5.02 Å². The van der Waals surface area contributed by atoms with Crippen molar-refractivity contribution < 1.29 is 17.6 Å². The molecule has 3 aromatic rings. The highest BCUT2D eigenvalue weighted by Crippen LogP contribution is 2.29. The van der Waals surface area contributed by atoms with Gasteiger partial charge in [-0.3, -0.25) is 9.52 Å². The Hall–Kier alpha value is -2.23. The predicted octanol–water partition coefficient (Wildman–Crippen LogP) is 4.48. The maximum Gasteiger partial charge on any atom is 0.261 e. The number of hydrogen-bond acceptors (Lipinski definition) is 5. The predicted molar refractivity (Wildman–Crippen MR) is 105 cm³/mol. The van der Waals surface area contributed by atoms with Crippen LogP contribution in [0.5, 0.6) is 0 Å². The Balaban J connectivity index is 1.86. The molecule has 1 aromatic heterocycles. The summed E-state index contributed by atoms with van der Waals surface area (Å²) in [6, 6.07) is 8.00. The number of sulfonamides is 1. The summed E-state index contributed by atoms with van der Waals surface area (Å²) < 4.78 is 41.4. The number of carbonyl (C=O) groups excluding carboxylic acids is 1. The molecule has 10 heteroatoms. The van der Waals surface area contributed by atoms with E-state index >= 15 is 0 Å². The van der Waals surface area contributed by atoms with E-state index in [4.69, 9.17) is 11.6 Å². The first-order chi connectivity index (χ1) is 12.7. The third-order valence-electron chi connectivity index (χ3n) is 3.60. The highest BCUT2D eigenvalue weighted by atomic mass is 35.5. The maximum absolute atomic E-state index is 13.2. The van der Waals surface area contributed by atoms with Gasteiger partial charge in [0, 0.05) is 5.92 Å². The van der Waals surface area contributed by atoms with Crippen molar-refractivity contribution in [1.82, 2.24) is 4.98 Å². The maximum atomic E-state index is 13.2. The fourth-order valence-electron chi connectivity index (χ4n) is 2.15. The summed E-state index contributed by atoms with van der Waals surface area (Å²) in [5, 5.41) is 2.88. The van der Waals surface area contributed by atoms with Crippen molar-refractivity contribution in [3.05, 3.63) is 47.2 Å². The molecule has 0 aliphatic carbocycles. The lowest BCUT2D eigenvalue weighted by atomic mass is 10.2. The zero-order chi connectivity index (χ0) is 19.8. The minimum Gasteiger partial charge on any atom is -0.302 e. The van der Waals surface area contributed by atoms with Gasteiger partial charge in [0.05, 0.1) is 25.8 Å². The SMILES string of the molecule is CC(C)C(=O)Nc1nc2cc(NS(=O)(=O)c3ccc(F)c(Cl)c3)ccc2s1. The van der Waals surface area contributed by atoms with E-state index < -0.39 is 15.8 Å². The number of nitrogens with one attached hydrogen (secondary N) is 2. The van der Waals surface area contributed by atoms with Gasteiger partial charge in [-0.05, 0) is 36.4 Å². The minimum absolute atomic E-state index is 0.150. The van der Waals surface area contributed by atoms with Crippen molar-refractivity contribution in [2.75, 3.05) is 10.0 Å². The summed E-state index contributed by atoms with van der Waals surface area (Å²) in [5.74, 6) is -1.03. The largest absolute Gasteiger partial charge is 0.302 e. The van der Waals surface area contributed by atoms with Crippen molar-refractivity contribution in [1.29, 1.82) is 0 Å². The van der Waals surface area contributed by atoms with Gasteiger partial charge in [0.2, 0.25) is 5.91 Å². The first kappa shape index (κ1) is 19.5. The van der Waals surface area contributed by atoms with Crippen molar-refractivity contribution >= 4 is 59.9 Å². The number of aromatic nitrogens is 1. The van der Waals surface area contributed by atoms with Gasteiger partial charge in [-0.2, -0.15) is 0 Å². The van der Waals surface area contributed by atoms with E-state index in [2.05, 4.69) is 15.0 Å². The number of benzene rings is 2. The molecule has 2 aromatic carbocycles. The highest BCUT2D eigenvalue weighted by Gasteiger charge is 2.17. The molecule has 0 spiro atoms. The second kappa shape index (κ2) is 7.41. The Morgan fingerprint density at radius 1 is 1.22 bits per heavy atom. The quantitative estimate of drug-likeness (QED) is 0.628.